The van der Waals surface area contributed by atoms with Crippen molar-refractivity contribution in [1.82, 2.24) is 14.7 Å². The predicted octanol–water partition coefficient (Wildman–Crippen LogP) is 0.937. The number of benzene rings is 1. The molecule has 0 bridgehead atoms. The molecule has 1 fully saturated rings. The maximum absolute atomic E-state index is 12.1. The molecule has 0 saturated carbocycles. The number of carbonyl (C=O) groups excluding carboxylic acids is 1. The number of rotatable bonds is 3. The summed E-state index contributed by atoms with van der Waals surface area (Å²) in [4.78, 5) is 13.8. The highest BCUT2D eigenvalue weighted by Gasteiger charge is 2.31. The Labute approximate surface area is 111 Å². The highest BCUT2D eigenvalue weighted by atomic mass is 16.3. The van der Waals surface area contributed by atoms with Gasteiger partial charge in [-0.3, -0.25) is 4.79 Å². The average Bonchev–Trinajstić information content (AvgIpc) is 2.88. The number of aromatic nitrogens is 2. The Morgan fingerprint density at radius 3 is 2.68 bits per heavy atom. The Kier molecular flexibility index (Phi) is 3.05. The molecule has 0 unspecified atom stereocenters. The second-order valence-corrected chi connectivity index (χ2v) is 4.74. The maximum atomic E-state index is 12.1. The summed E-state index contributed by atoms with van der Waals surface area (Å²) in [7, 11) is 0. The molecule has 1 saturated heterocycles. The first kappa shape index (κ1) is 11.9. The van der Waals surface area contributed by atoms with Crippen molar-refractivity contribution in [3.05, 3.63) is 48.3 Å². The monoisotopic (exact) mass is 257 g/mol. The van der Waals surface area contributed by atoms with Gasteiger partial charge in [0, 0.05) is 31.8 Å². The fourth-order valence-electron chi connectivity index (χ4n) is 2.18. The van der Waals surface area contributed by atoms with Crippen LogP contribution in [-0.2, 0) is 0 Å². The van der Waals surface area contributed by atoms with Crippen molar-refractivity contribution >= 4 is 5.91 Å². The number of aliphatic hydroxyl groups excluding tert-OH is 1. The molecule has 1 aliphatic heterocycles. The molecule has 0 radical (unpaired) electrons. The van der Waals surface area contributed by atoms with Gasteiger partial charge in [-0.2, -0.15) is 5.10 Å². The summed E-state index contributed by atoms with van der Waals surface area (Å²) in [5.74, 6) is 0.152. The van der Waals surface area contributed by atoms with Crippen LogP contribution in [0.2, 0.25) is 0 Å². The topological polar surface area (TPSA) is 58.4 Å². The largest absolute Gasteiger partial charge is 0.396 e. The summed E-state index contributed by atoms with van der Waals surface area (Å²) < 4.78 is 1.69. The van der Waals surface area contributed by atoms with E-state index in [9.17, 15) is 4.79 Å². The summed E-state index contributed by atoms with van der Waals surface area (Å²) >= 11 is 0. The van der Waals surface area contributed by atoms with E-state index in [0.717, 1.165) is 5.69 Å². The molecule has 1 aromatic heterocycles. The van der Waals surface area contributed by atoms with Crippen LogP contribution in [0.5, 0.6) is 0 Å². The van der Waals surface area contributed by atoms with E-state index in [1.807, 2.05) is 30.3 Å². The lowest BCUT2D eigenvalue weighted by Gasteiger charge is -2.37. The molecule has 2 aromatic rings. The number of likely N-dealkylation sites (tertiary alicyclic amines) is 1. The second kappa shape index (κ2) is 4.85. The van der Waals surface area contributed by atoms with Gasteiger partial charge in [0.1, 0.15) is 0 Å². The Balaban J connectivity index is 1.73. The summed E-state index contributed by atoms with van der Waals surface area (Å²) in [6, 6.07) is 11.4. The van der Waals surface area contributed by atoms with Crippen molar-refractivity contribution in [2.75, 3.05) is 19.7 Å². The first-order valence-corrected chi connectivity index (χ1v) is 6.29. The first-order valence-electron chi connectivity index (χ1n) is 6.29. The zero-order chi connectivity index (χ0) is 13.2. The number of carbonyl (C=O) groups is 1. The lowest BCUT2D eigenvalue weighted by molar-refractivity contribution is 0.0356. The van der Waals surface area contributed by atoms with E-state index < -0.39 is 0 Å². The van der Waals surface area contributed by atoms with Crippen LogP contribution in [0.25, 0.3) is 5.69 Å². The fraction of sp³-hybridized carbons (Fsp3) is 0.286. The Hall–Kier alpha value is -2.14. The molecule has 2 heterocycles. The zero-order valence-corrected chi connectivity index (χ0v) is 10.4. The predicted molar refractivity (Wildman–Crippen MR) is 70.0 cm³/mol. The van der Waals surface area contributed by atoms with Gasteiger partial charge in [0.05, 0.1) is 5.69 Å². The first-order chi connectivity index (χ1) is 9.28. The number of nitrogens with zero attached hydrogens (tertiary/aromatic N) is 3. The SMILES string of the molecule is O=C(c1ccn(-c2ccccc2)n1)N1CC(CO)C1. The average molecular weight is 257 g/mol. The van der Waals surface area contributed by atoms with Gasteiger partial charge < -0.3 is 10.0 Å². The summed E-state index contributed by atoms with van der Waals surface area (Å²) in [6.45, 7) is 1.38. The molecule has 1 amide bonds. The molecule has 3 rings (SSSR count). The molecule has 0 atom stereocenters. The van der Waals surface area contributed by atoms with Gasteiger partial charge in [-0.05, 0) is 18.2 Å². The maximum Gasteiger partial charge on any atom is 0.274 e. The number of para-hydroxylation sites is 1. The van der Waals surface area contributed by atoms with Gasteiger partial charge in [-0.1, -0.05) is 18.2 Å². The molecule has 0 spiro atoms. The molecular weight excluding hydrogens is 242 g/mol. The molecule has 5 heteroatoms. The van der Waals surface area contributed by atoms with Crippen molar-refractivity contribution in [3.8, 4) is 5.69 Å². The minimum Gasteiger partial charge on any atom is -0.396 e. The third-order valence-electron chi connectivity index (χ3n) is 3.33. The minimum atomic E-state index is -0.0700. The molecule has 1 aromatic carbocycles. The van der Waals surface area contributed by atoms with Crippen LogP contribution >= 0.6 is 0 Å². The van der Waals surface area contributed by atoms with Crippen LogP contribution in [0.4, 0.5) is 0 Å². The van der Waals surface area contributed by atoms with Gasteiger partial charge >= 0.3 is 0 Å². The van der Waals surface area contributed by atoms with Gasteiger partial charge in [0.2, 0.25) is 0 Å². The normalized spacial score (nSPS) is 15.3. The van der Waals surface area contributed by atoms with Gasteiger partial charge in [0.25, 0.3) is 5.91 Å². The van der Waals surface area contributed by atoms with Crippen molar-refractivity contribution in [2.24, 2.45) is 5.92 Å². The molecule has 19 heavy (non-hydrogen) atoms. The number of hydrogen-bond donors (Lipinski definition) is 1. The smallest absolute Gasteiger partial charge is 0.274 e. The van der Waals surface area contributed by atoms with Gasteiger partial charge in [0.15, 0.2) is 5.69 Å². The second-order valence-electron chi connectivity index (χ2n) is 4.74. The third kappa shape index (κ3) is 2.24. The van der Waals surface area contributed by atoms with E-state index in [-0.39, 0.29) is 18.4 Å². The highest BCUT2D eigenvalue weighted by molar-refractivity contribution is 5.92. The third-order valence-corrected chi connectivity index (χ3v) is 3.33. The lowest BCUT2D eigenvalue weighted by atomic mass is 10.0. The standard InChI is InChI=1S/C14H15N3O2/c18-10-11-8-16(9-11)14(19)13-6-7-17(15-13)12-4-2-1-3-5-12/h1-7,11,18H,8-10H2. The van der Waals surface area contributed by atoms with Crippen molar-refractivity contribution in [1.29, 1.82) is 0 Å². The van der Waals surface area contributed by atoms with E-state index in [2.05, 4.69) is 5.10 Å². The molecule has 5 nitrogen and oxygen atoms in total. The van der Waals surface area contributed by atoms with Gasteiger partial charge in [-0.25, -0.2) is 4.68 Å². The molecule has 1 N–H and O–H groups in total. The summed E-state index contributed by atoms with van der Waals surface area (Å²) in [6.07, 6.45) is 1.78. The molecule has 1 aliphatic rings. The molecule has 0 aliphatic carbocycles. The Bertz CT molecular complexity index is 573. The highest BCUT2D eigenvalue weighted by Crippen LogP contribution is 2.17. The quantitative estimate of drug-likeness (QED) is 0.890. The zero-order valence-electron chi connectivity index (χ0n) is 10.4. The van der Waals surface area contributed by atoms with Crippen molar-refractivity contribution < 1.29 is 9.90 Å². The summed E-state index contributed by atoms with van der Waals surface area (Å²) in [5.41, 5.74) is 1.37. The van der Waals surface area contributed by atoms with Crippen molar-refractivity contribution in [2.45, 2.75) is 0 Å². The van der Waals surface area contributed by atoms with E-state index in [4.69, 9.17) is 5.11 Å². The molecular formula is C14H15N3O2. The van der Waals surface area contributed by atoms with E-state index >= 15 is 0 Å². The van der Waals surface area contributed by atoms with E-state index in [1.54, 1.807) is 21.8 Å². The van der Waals surface area contributed by atoms with Gasteiger partial charge in [-0.15, -0.1) is 0 Å². The number of aliphatic hydroxyl groups is 1. The van der Waals surface area contributed by atoms with E-state index in [1.165, 1.54) is 0 Å². The Morgan fingerprint density at radius 2 is 2.00 bits per heavy atom. The van der Waals surface area contributed by atoms with Crippen LogP contribution in [0.1, 0.15) is 10.5 Å². The van der Waals surface area contributed by atoms with Crippen molar-refractivity contribution in [3.63, 3.8) is 0 Å². The number of hydrogen-bond acceptors (Lipinski definition) is 3. The van der Waals surface area contributed by atoms with Crippen LogP contribution in [-0.4, -0.2) is 45.4 Å². The van der Waals surface area contributed by atoms with Crippen LogP contribution < -0.4 is 0 Å². The summed E-state index contributed by atoms with van der Waals surface area (Å²) in [5, 5.41) is 13.2. The van der Waals surface area contributed by atoms with E-state index in [0.29, 0.717) is 18.8 Å². The number of amides is 1. The minimum absolute atomic E-state index is 0.0700. The van der Waals surface area contributed by atoms with Crippen LogP contribution in [0.15, 0.2) is 42.6 Å². The van der Waals surface area contributed by atoms with Crippen LogP contribution in [0, 0.1) is 5.92 Å². The lowest BCUT2D eigenvalue weighted by Crippen LogP contribution is -2.51. The fourth-order valence-corrected chi connectivity index (χ4v) is 2.18. The molecule has 98 valence electrons. The Morgan fingerprint density at radius 1 is 1.26 bits per heavy atom. The van der Waals surface area contributed by atoms with Crippen LogP contribution in [0.3, 0.4) is 0 Å².